The fourth-order valence-corrected chi connectivity index (χ4v) is 1.42. The van der Waals surface area contributed by atoms with Crippen molar-refractivity contribution in [3.8, 4) is 0 Å². The Morgan fingerprint density at radius 2 is 2.12 bits per heavy atom. The number of halogens is 1. The van der Waals surface area contributed by atoms with Gasteiger partial charge in [-0.15, -0.1) is 0 Å². The molecule has 2 aromatic heterocycles. The highest BCUT2D eigenvalue weighted by atomic mass is 35.5. The van der Waals surface area contributed by atoms with Crippen molar-refractivity contribution in [2.75, 3.05) is 0 Å². The average molecular weight is 254 g/mol. The summed E-state index contributed by atoms with van der Waals surface area (Å²) in [5.41, 5.74) is 0.334. The van der Waals surface area contributed by atoms with Gasteiger partial charge in [0, 0.05) is 6.20 Å². The molecule has 1 atom stereocenters. The lowest BCUT2D eigenvalue weighted by Gasteiger charge is -2.06. The maximum absolute atomic E-state index is 10.6. The van der Waals surface area contributed by atoms with Gasteiger partial charge in [-0.05, 0) is 24.3 Å². The molecule has 0 aromatic carbocycles. The number of hydrogen-bond acceptors (Lipinski definition) is 4. The number of rotatable bonds is 3. The number of aromatic carboxylic acids is 1. The van der Waals surface area contributed by atoms with Crippen molar-refractivity contribution in [3.05, 3.63) is 52.7 Å². The second-order valence-electron chi connectivity index (χ2n) is 3.31. The molecule has 0 bridgehead atoms. The Hall–Kier alpha value is -1.85. The summed E-state index contributed by atoms with van der Waals surface area (Å²) < 4.78 is 4.97. The van der Waals surface area contributed by atoms with E-state index in [4.69, 9.17) is 21.1 Å². The Kier molecular flexibility index (Phi) is 3.12. The molecule has 17 heavy (non-hydrogen) atoms. The molecule has 2 N–H and O–H groups in total. The number of aromatic nitrogens is 1. The SMILES string of the molecule is O=C(O)c1ccc(C(O)c2ccc(Cl)cn2)o1. The number of hydrogen-bond donors (Lipinski definition) is 2. The molecule has 6 heteroatoms. The molecule has 2 aromatic rings. The summed E-state index contributed by atoms with van der Waals surface area (Å²) in [7, 11) is 0. The van der Waals surface area contributed by atoms with Crippen LogP contribution in [0.3, 0.4) is 0 Å². The molecule has 0 aliphatic heterocycles. The van der Waals surface area contributed by atoms with E-state index in [1.54, 1.807) is 6.07 Å². The van der Waals surface area contributed by atoms with Crippen molar-refractivity contribution < 1.29 is 19.4 Å². The largest absolute Gasteiger partial charge is 0.475 e. The van der Waals surface area contributed by atoms with Crippen LogP contribution in [0, 0.1) is 0 Å². The quantitative estimate of drug-likeness (QED) is 0.875. The molecule has 0 saturated carbocycles. The summed E-state index contributed by atoms with van der Waals surface area (Å²) in [6.07, 6.45) is 0.279. The van der Waals surface area contributed by atoms with E-state index in [1.807, 2.05) is 0 Å². The molecule has 0 amide bonds. The third-order valence-electron chi connectivity index (χ3n) is 2.14. The van der Waals surface area contributed by atoms with E-state index in [0.717, 1.165) is 0 Å². The summed E-state index contributed by atoms with van der Waals surface area (Å²) in [4.78, 5) is 14.5. The monoisotopic (exact) mass is 253 g/mol. The second kappa shape index (κ2) is 4.57. The number of aliphatic hydroxyl groups excluding tert-OH is 1. The molecule has 1 unspecified atom stereocenters. The molecule has 5 nitrogen and oxygen atoms in total. The van der Waals surface area contributed by atoms with Gasteiger partial charge < -0.3 is 14.6 Å². The Balaban J connectivity index is 2.27. The highest BCUT2D eigenvalue weighted by molar-refractivity contribution is 6.30. The van der Waals surface area contributed by atoms with Crippen LogP contribution in [-0.4, -0.2) is 21.2 Å². The Morgan fingerprint density at radius 1 is 1.35 bits per heavy atom. The zero-order chi connectivity index (χ0) is 12.4. The van der Waals surface area contributed by atoms with Gasteiger partial charge in [-0.2, -0.15) is 0 Å². The molecule has 2 rings (SSSR count). The maximum atomic E-state index is 10.6. The molecule has 0 aliphatic carbocycles. The number of carbonyl (C=O) groups is 1. The van der Waals surface area contributed by atoms with E-state index >= 15 is 0 Å². The Morgan fingerprint density at radius 3 is 2.65 bits per heavy atom. The van der Waals surface area contributed by atoms with E-state index in [0.29, 0.717) is 10.7 Å². The van der Waals surface area contributed by atoms with Crippen LogP contribution >= 0.6 is 11.6 Å². The van der Waals surface area contributed by atoms with Crippen molar-refractivity contribution in [2.24, 2.45) is 0 Å². The predicted molar refractivity (Wildman–Crippen MR) is 59.0 cm³/mol. The zero-order valence-corrected chi connectivity index (χ0v) is 9.26. The second-order valence-corrected chi connectivity index (χ2v) is 3.75. The number of furan rings is 1. The van der Waals surface area contributed by atoms with Gasteiger partial charge in [-0.3, -0.25) is 4.98 Å². The van der Waals surface area contributed by atoms with Crippen molar-refractivity contribution in [1.29, 1.82) is 0 Å². The fourth-order valence-electron chi connectivity index (χ4n) is 1.31. The standard InChI is InChI=1S/C11H8ClNO4/c12-6-1-2-7(13-5-6)10(14)8-3-4-9(17-8)11(15)16/h1-5,10,14H,(H,15,16). The van der Waals surface area contributed by atoms with Crippen LogP contribution in [0.15, 0.2) is 34.9 Å². The normalized spacial score (nSPS) is 12.4. The van der Waals surface area contributed by atoms with Gasteiger partial charge in [0.05, 0.1) is 10.7 Å². The van der Waals surface area contributed by atoms with Gasteiger partial charge in [0.25, 0.3) is 0 Å². The lowest BCUT2D eigenvalue weighted by molar-refractivity contribution is 0.0654. The molecular weight excluding hydrogens is 246 g/mol. The van der Waals surface area contributed by atoms with Crippen LogP contribution in [0.25, 0.3) is 0 Å². The maximum Gasteiger partial charge on any atom is 0.371 e. The van der Waals surface area contributed by atoms with Crippen molar-refractivity contribution >= 4 is 17.6 Å². The topological polar surface area (TPSA) is 83.6 Å². The number of carboxylic acids is 1. The first-order chi connectivity index (χ1) is 8.08. The fraction of sp³-hybridized carbons (Fsp3) is 0.0909. The number of carboxylic acid groups (broad SMARTS) is 1. The van der Waals surface area contributed by atoms with Crippen molar-refractivity contribution in [3.63, 3.8) is 0 Å². The zero-order valence-electron chi connectivity index (χ0n) is 8.50. The van der Waals surface area contributed by atoms with Gasteiger partial charge >= 0.3 is 5.97 Å². The van der Waals surface area contributed by atoms with Gasteiger partial charge in [0.2, 0.25) is 5.76 Å². The predicted octanol–water partition coefficient (Wildman–Crippen LogP) is 2.11. The highest BCUT2D eigenvalue weighted by Gasteiger charge is 2.18. The lowest BCUT2D eigenvalue weighted by atomic mass is 10.2. The van der Waals surface area contributed by atoms with Crippen LogP contribution in [0.4, 0.5) is 0 Å². The molecule has 2 heterocycles. The molecular formula is C11H8ClNO4. The van der Waals surface area contributed by atoms with Gasteiger partial charge in [-0.25, -0.2) is 4.79 Å². The third kappa shape index (κ3) is 2.46. The van der Waals surface area contributed by atoms with Crippen LogP contribution in [0.2, 0.25) is 5.02 Å². The summed E-state index contributed by atoms with van der Waals surface area (Å²) in [5.74, 6) is -1.29. The molecule has 0 fully saturated rings. The first kappa shape index (κ1) is 11.6. The third-order valence-corrected chi connectivity index (χ3v) is 2.36. The van der Waals surface area contributed by atoms with Gasteiger partial charge in [0.1, 0.15) is 5.76 Å². The Labute approximate surface area is 101 Å². The lowest BCUT2D eigenvalue weighted by Crippen LogP contribution is -2.01. The van der Waals surface area contributed by atoms with Crippen molar-refractivity contribution in [2.45, 2.75) is 6.10 Å². The van der Waals surface area contributed by atoms with E-state index in [9.17, 15) is 9.90 Å². The highest BCUT2D eigenvalue weighted by Crippen LogP contribution is 2.23. The average Bonchev–Trinajstić information content (AvgIpc) is 2.78. The van der Waals surface area contributed by atoms with Crippen LogP contribution in [0.5, 0.6) is 0 Å². The molecule has 0 aliphatic rings. The molecule has 0 saturated heterocycles. The van der Waals surface area contributed by atoms with E-state index in [1.165, 1.54) is 24.4 Å². The first-order valence-electron chi connectivity index (χ1n) is 4.70. The van der Waals surface area contributed by atoms with Gasteiger partial charge in [-0.1, -0.05) is 11.6 Å². The van der Waals surface area contributed by atoms with Crippen LogP contribution < -0.4 is 0 Å². The molecule has 0 radical (unpaired) electrons. The smallest absolute Gasteiger partial charge is 0.371 e. The molecule has 88 valence electrons. The Bertz CT molecular complexity index is 535. The minimum absolute atomic E-state index is 0.122. The van der Waals surface area contributed by atoms with E-state index in [-0.39, 0.29) is 11.5 Å². The number of pyridine rings is 1. The summed E-state index contributed by atoms with van der Waals surface area (Å²) >= 11 is 5.66. The molecule has 0 spiro atoms. The van der Waals surface area contributed by atoms with Gasteiger partial charge in [0.15, 0.2) is 6.10 Å². The van der Waals surface area contributed by atoms with Crippen molar-refractivity contribution in [1.82, 2.24) is 4.98 Å². The van der Waals surface area contributed by atoms with E-state index < -0.39 is 12.1 Å². The summed E-state index contributed by atoms with van der Waals surface area (Å²) in [6, 6.07) is 5.78. The minimum Gasteiger partial charge on any atom is -0.475 e. The van der Waals surface area contributed by atoms with Crippen LogP contribution in [-0.2, 0) is 0 Å². The number of aliphatic hydroxyl groups is 1. The van der Waals surface area contributed by atoms with E-state index in [2.05, 4.69) is 4.98 Å². The first-order valence-corrected chi connectivity index (χ1v) is 5.08. The summed E-state index contributed by atoms with van der Waals surface area (Å²) in [6.45, 7) is 0. The number of nitrogens with zero attached hydrogens (tertiary/aromatic N) is 1. The summed E-state index contributed by atoms with van der Waals surface area (Å²) in [5, 5.41) is 19.0. The minimum atomic E-state index is -1.19. The van der Waals surface area contributed by atoms with Crippen LogP contribution in [0.1, 0.15) is 28.1 Å².